The van der Waals surface area contributed by atoms with Crippen LogP contribution in [0.1, 0.15) is 34.1 Å². The highest BCUT2D eigenvalue weighted by Crippen LogP contribution is 1.94. The molecule has 1 atom stereocenters. The summed E-state index contributed by atoms with van der Waals surface area (Å²) in [5.74, 6) is -0.782. The highest BCUT2D eigenvalue weighted by atomic mass is 19.1. The molecule has 0 bridgehead atoms. The largest absolute Gasteiger partial charge is 0.387 e. The summed E-state index contributed by atoms with van der Waals surface area (Å²) in [7, 11) is 0. The molecular formula is C20H41FN2O7. The van der Waals surface area contributed by atoms with Gasteiger partial charge >= 0.3 is 0 Å². The van der Waals surface area contributed by atoms with E-state index in [2.05, 4.69) is 24.5 Å². The van der Waals surface area contributed by atoms with E-state index in [1.165, 1.54) is 6.42 Å². The Morgan fingerprint density at radius 1 is 0.867 bits per heavy atom. The molecule has 9 nitrogen and oxygen atoms in total. The van der Waals surface area contributed by atoms with E-state index >= 15 is 0 Å². The summed E-state index contributed by atoms with van der Waals surface area (Å²) < 4.78 is 34.4. The van der Waals surface area contributed by atoms with Gasteiger partial charge in [-0.1, -0.05) is 34.1 Å². The van der Waals surface area contributed by atoms with E-state index in [0.29, 0.717) is 46.2 Å². The number of carbonyl (C=O) groups is 2. The summed E-state index contributed by atoms with van der Waals surface area (Å²) in [5, 5.41) is 13.5. The smallest absolute Gasteiger partial charge is 0.245 e. The first-order chi connectivity index (χ1) is 14.4. The molecule has 30 heavy (non-hydrogen) atoms. The van der Waals surface area contributed by atoms with Crippen molar-refractivity contribution in [3.8, 4) is 0 Å². The Morgan fingerprint density at radius 2 is 1.33 bits per heavy atom. The van der Waals surface area contributed by atoms with Gasteiger partial charge in [-0.3, -0.25) is 9.59 Å². The highest BCUT2D eigenvalue weighted by Gasteiger charge is 2.11. The van der Waals surface area contributed by atoms with Crippen LogP contribution in [0.15, 0.2) is 0 Å². The van der Waals surface area contributed by atoms with E-state index in [1.54, 1.807) is 13.8 Å². The van der Waals surface area contributed by atoms with Crippen LogP contribution in [0.5, 0.6) is 0 Å². The predicted molar refractivity (Wildman–Crippen MR) is 112 cm³/mol. The van der Waals surface area contributed by atoms with Crippen LogP contribution < -0.4 is 10.6 Å². The summed E-state index contributed by atoms with van der Waals surface area (Å²) in [4.78, 5) is 22.0. The second-order valence-electron chi connectivity index (χ2n) is 6.62. The molecule has 0 radical (unpaired) electrons. The number of rotatable bonds is 18. The van der Waals surface area contributed by atoms with Gasteiger partial charge in [0.1, 0.15) is 12.8 Å². The molecule has 10 heteroatoms. The lowest BCUT2D eigenvalue weighted by atomic mass is 10.2. The topological polar surface area (TPSA) is 115 Å². The molecule has 0 aliphatic rings. The fourth-order valence-corrected chi connectivity index (χ4v) is 1.66. The molecule has 0 fully saturated rings. The van der Waals surface area contributed by atoms with Crippen LogP contribution in [-0.4, -0.2) is 95.6 Å². The van der Waals surface area contributed by atoms with Gasteiger partial charge in [0.2, 0.25) is 11.8 Å². The van der Waals surface area contributed by atoms with E-state index in [1.807, 2.05) is 0 Å². The van der Waals surface area contributed by atoms with Gasteiger partial charge in [-0.25, -0.2) is 4.39 Å². The van der Waals surface area contributed by atoms with Gasteiger partial charge < -0.3 is 34.7 Å². The summed E-state index contributed by atoms with van der Waals surface area (Å²) >= 11 is 0. The minimum atomic E-state index is -1.24. The van der Waals surface area contributed by atoms with Crippen LogP contribution in [-0.2, 0) is 28.5 Å². The maximum atomic E-state index is 13.5. The first-order valence-corrected chi connectivity index (χ1v) is 10.5. The van der Waals surface area contributed by atoms with Crippen LogP contribution >= 0.6 is 0 Å². The molecule has 1 unspecified atom stereocenters. The first kappa shape index (κ1) is 30.9. The van der Waals surface area contributed by atoms with Crippen molar-refractivity contribution in [2.45, 2.75) is 40.3 Å². The second-order valence-corrected chi connectivity index (χ2v) is 6.62. The van der Waals surface area contributed by atoms with Crippen LogP contribution in [0.4, 0.5) is 4.39 Å². The number of halogens is 1. The van der Waals surface area contributed by atoms with Crippen LogP contribution in [0, 0.1) is 5.92 Å². The predicted octanol–water partition coefficient (Wildman–Crippen LogP) is 0.688. The third-order valence-corrected chi connectivity index (χ3v) is 3.15. The Morgan fingerprint density at radius 3 is 1.80 bits per heavy atom. The van der Waals surface area contributed by atoms with E-state index in [4.69, 9.17) is 24.1 Å². The third kappa shape index (κ3) is 24.7. The Bertz CT molecular complexity index is 401. The van der Waals surface area contributed by atoms with Crippen LogP contribution in [0.2, 0.25) is 0 Å². The third-order valence-electron chi connectivity index (χ3n) is 3.15. The molecule has 0 aromatic rings. The van der Waals surface area contributed by atoms with E-state index in [-0.39, 0.29) is 31.6 Å². The minimum Gasteiger partial charge on any atom is -0.387 e. The number of alkyl halides is 1. The lowest BCUT2D eigenvalue weighted by molar-refractivity contribution is -0.124. The van der Waals surface area contributed by atoms with Crippen molar-refractivity contribution >= 4 is 11.8 Å². The van der Waals surface area contributed by atoms with Crippen molar-refractivity contribution in [1.82, 2.24) is 10.6 Å². The zero-order valence-corrected chi connectivity index (χ0v) is 18.9. The van der Waals surface area contributed by atoms with Crippen molar-refractivity contribution in [2.24, 2.45) is 5.92 Å². The number of hydrogen-bond donors (Lipinski definition) is 3. The maximum Gasteiger partial charge on any atom is 0.245 e. The fourth-order valence-electron chi connectivity index (χ4n) is 1.66. The summed E-state index contributed by atoms with van der Waals surface area (Å²) in [5.41, 5.74) is 0. The number of ether oxygens (including phenoxy) is 4. The number of amides is 2. The molecule has 0 aliphatic carbocycles. The second kappa shape index (κ2) is 23.9. The number of hydrogen-bond acceptors (Lipinski definition) is 7. The molecule has 0 spiro atoms. The number of carbonyl (C=O) groups excluding carboxylic acids is 2. The standard InChI is InChI=1S/C17H33FN2O7.C3H8/c1-14(2)17(23)20-11-15(18)13-27-10-9-26-8-7-25-6-5-24-4-3-19-16(22)12-21;1-3-2/h14-15,21H,3-13H2,1-2H3,(H,19,22)(H,20,23);3H2,1-2H3. The van der Waals surface area contributed by atoms with E-state index in [9.17, 15) is 14.0 Å². The number of nitrogens with one attached hydrogen (secondary N) is 2. The molecule has 0 saturated carbocycles. The summed E-state index contributed by atoms with van der Waals surface area (Å²) in [6.45, 7) is 9.93. The maximum absolute atomic E-state index is 13.5. The Hall–Kier alpha value is -1.33. The van der Waals surface area contributed by atoms with Crippen LogP contribution in [0.25, 0.3) is 0 Å². The Labute approximate surface area is 180 Å². The molecule has 0 rings (SSSR count). The van der Waals surface area contributed by atoms with Gasteiger partial charge in [-0.15, -0.1) is 0 Å². The van der Waals surface area contributed by atoms with Gasteiger partial charge in [0.25, 0.3) is 0 Å². The van der Waals surface area contributed by atoms with Gasteiger partial charge in [-0.05, 0) is 0 Å². The molecule has 0 saturated heterocycles. The highest BCUT2D eigenvalue weighted by molar-refractivity contribution is 5.77. The Kier molecular flexibility index (Phi) is 24.6. The molecule has 0 aromatic heterocycles. The molecule has 0 heterocycles. The molecule has 3 N–H and O–H groups in total. The van der Waals surface area contributed by atoms with Gasteiger partial charge in [0, 0.05) is 12.5 Å². The van der Waals surface area contributed by atoms with E-state index < -0.39 is 18.7 Å². The lowest BCUT2D eigenvalue weighted by Gasteiger charge is -2.12. The van der Waals surface area contributed by atoms with E-state index in [0.717, 1.165) is 0 Å². The number of aliphatic hydroxyl groups excluding tert-OH is 1. The molecule has 180 valence electrons. The van der Waals surface area contributed by atoms with Gasteiger partial charge in [0.05, 0.1) is 59.4 Å². The first-order valence-electron chi connectivity index (χ1n) is 10.5. The van der Waals surface area contributed by atoms with Gasteiger partial charge in [-0.2, -0.15) is 0 Å². The fraction of sp³-hybridized carbons (Fsp3) is 0.900. The van der Waals surface area contributed by atoms with Gasteiger partial charge in [0.15, 0.2) is 0 Å². The summed E-state index contributed by atoms with van der Waals surface area (Å²) in [6.07, 6.45) is 0.00740. The molecular weight excluding hydrogens is 399 g/mol. The normalized spacial score (nSPS) is 11.6. The van der Waals surface area contributed by atoms with Crippen molar-refractivity contribution in [3.63, 3.8) is 0 Å². The van der Waals surface area contributed by atoms with Crippen molar-refractivity contribution in [2.75, 3.05) is 72.6 Å². The average molecular weight is 441 g/mol. The Balaban J connectivity index is 0. The zero-order chi connectivity index (χ0) is 23.0. The summed E-state index contributed by atoms with van der Waals surface area (Å²) in [6, 6.07) is 0. The molecule has 2 amide bonds. The average Bonchev–Trinajstić information content (AvgIpc) is 2.72. The molecule has 0 aromatic carbocycles. The lowest BCUT2D eigenvalue weighted by Crippen LogP contribution is -2.35. The minimum absolute atomic E-state index is 0.0540. The van der Waals surface area contributed by atoms with Crippen molar-refractivity contribution in [1.29, 1.82) is 0 Å². The van der Waals surface area contributed by atoms with Crippen molar-refractivity contribution < 1.29 is 38.0 Å². The quantitative estimate of drug-likeness (QED) is 0.269. The monoisotopic (exact) mass is 440 g/mol. The van der Waals surface area contributed by atoms with Crippen molar-refractivity contribution in [3.05, 3.63) is 0 Å². The molecule has 0 aliphatic heterocycles. The zero-order valence-electron chi connectivity index (χ0n) is 18.9. The SMILES string of the molecule is CC(C)C(=O)NCC(F)COCCOCCOCCOCCNC(=O)CO.CCC. The number of aliphatic hydroxyl groups is 1. The van der Waals surface area contributed by atoms with Crippen LogP contribution in [0.3, 0.4) is 0 Å².